The average Bonchev–Trinajstić information content (AvgIpc) is 3.24. The highest BCUT2D eigenvalue weighted by molar-refractivity contribution is 5.23. The SMILES string of the molecule is NC1CC(F)CN(C2C[C@H](c3ccc(F)cc3)CC2n2cncn2)C1. The zero-order chi connectivity index (χ0) is 17.4. The van der Waals surface area contributed by atoms with Crippen molar-refractivity contribution in [2.24, 2.45) is 5.73 Å². The van der Waals surface area contributed by atoms with E-state index in [4.69, 9.17) is 5.73 Å². The lowest BCUT2D eigenvalue weighted by molar-refractivity contribution is 0.0690. The summed E-state index contributed by atoms with van der Waals surface area (Å²) in [6.07, 6.45) is 4.56. The van der Waals surface area contributed by atoms with E-state index in [0.29, 0.717) is 19.5 Å². The standard InChI is InChI=1S/C18H23F2N5/c19-14-3-1-12(2-4-14)13-5-17(18(6-13)25-11-22-10-23-25)24-8-15(20)7-16(21)9-24/h1-4,10-11,13,15-18H,5-9,21H2/t13-,15?,16?,17?,18?/m0/s1. The van der Waals surface area contributed by atoms with Crippen molar-refractivity contribution in [2.75, 3.05) is 13.1 Å². The van der Waals surface area contributed by atoms with Gasteiger partial charge in [-0.1, -0.05) is 12.1 Å². The van der Waals surface area contributed by atoms with Crippen LogP contribution in [-0.2, 0) is 0 Å². The van der Waals surface area contributed by atoms with Gasteiger partial charge in [0, 0.05) is 25.2 Å². The van der Waals surface area contributed by atoms with Gasteiger partial charge in [0.1, 0.15) is 24.6 Å². The Balaban J connectivity index is 1.59. The minimum Gasteiger partial charge on any atom is -0.326 e. The number of aromatic nitrogens is 3. The number of hydrogen-bond donors (Lipinski definition) is 1. The maximum atomic E-state index is 14.1. The van der Waals surface area contributed by atoms with Crippen molar-refractivity contribution < 1.29 is 8.78 Å². The number of halogens is 2. The third-order valence-corrected chi connectivity index (χ3v) is 5.54. The van der Waals surface area contributed by atoms with Gasteiger partial charge in [0.15, 0.2) is 0 Å². The zero-order valence-corrected chi connectivity index (χ0v) is 14.0. The van der Waals surface area contributed by atoms with Crippen LogP contribution in [0.4, 0.5) is 8.78 Å². The van der Waals surface area contributed by atoms with Gasteiger partial charge < -0.3 is 5.73 Å². The van der Waals surface area contributed by atoms with Crippen LogP contribution in [0.1, 0.15) is 36.8 Å². The molecule has 0 bridgehead atoms. The number of hydrogen-bond acceptors (Lipinski definition) is 4. The summed E-state index contributed by atoms with van der Waals surface area (Å²) >= 11 is 0. The Bertz CT molecular complexity index is 680. The maximum absolute atomic E-state index is 14.1. The molecule has 1 aromatic carbocycles. The second-order valence-corrected chi connectivity index (χ2v) is 7.28. The van der Waals surface area contributed by atoms with Crippen molar-refractivity contribution in [1.29, 1.82) is 0 Å². The summed E-state index contributed by atoms with van der Waals surface area (Å²) in [6.45, 7) is 1.12. The molecule has 2 aliphatic rings. The first-order valence-electron chi connectivity index (χ1n) is 8.83. The predicted octanol–water partition coefficient (Wildman–Crippen LogP) is 2.28. The molecule has 2 N–H and O–H groups in total. The summed E-state index contributed by atoms with van der Waals surface area (Å²) in [7, 11) is 0. The van der Waals surface area contributed by atoms with E-state index in [1.54, 1.807) is 6.33 Å². The molecule has 5 atom stereocenters. The lowest BCUT2D eigenvalue weighted by atomic mass is 9.96. The Morgan fingerprint density at radius 2 is 1.80 bits per heavy atom. The topological polar surface area (TPSA) is 60.0 Å². The molecule has 1 saturated heterocycles. The second-order valence-electron chi connectivity index (χ2n) is 7.28. The normalized spacial score (nSPS) is 33.6. The minimum atomic E-state index is -0.884. The first-order valence-corrected chi connectivity index (χ1v) is 8.83. The van der Waals surface area contributed by atoms with Gasteiger partial charge in [-0.15, -0.1) is 0 Å². The lowest BCUT2D eigenvalue weighted by Crippen LogP contribution is -2.53. The first-order chi connectivity index (χ1) is 12.1. The Morgan fingerprint density at radius 1 is 1.04 bits per heavy atom. The Hall–Kier alpha value is -1.86. The van der Waals surface area contributed by atoms with Crippen molar-refractivity contribution >= 4 is 0 Å². The molecule has 1 aliphatic carbocycles. The molecule has 4 rings (SSSR count). The summed E-state index contributed by atoms with van der Waals surface area (Å²) in [4.78, 5) is 6.25. The lowest BCUT2D eigenvalue weighted by Gasteiger charge is -2.39. The van der Waals surface area contributed by atoms with Gasteiger partial charge in [-0.25, -0.2) is 18.4 Å². The molecule has 2 heterocycles. The molecule has 0 radical (unpaired) electrons. The smallest absolute Gasteiger partial charge is 0.137 e. The van der Waals surface area contributed by atoms with Crippen LogP contribution in [0.2, 0.25) is 0 Å². The van der Waals surface area contributed by atoms with E-state index in [1.807, 2.05) is 16.8 Å². The van der Waals surface area contributed by atoms with Crippen LogP contribution < -0.4 is 5.73 Å². The van der Waals surface area contributed by atoms with Gasteiger partial charge in [0.05, 0.1) is 6.04 Å². The molecule has 134 valence electrons. The van der Waals surface area contributed by atoms with Crippen molar-refractivity contribution in [3.8, 4) is 0 Å². The molecule has 0 spiro atoms. The number of alkyl halides is 1. The van der Waals surface area contributed by atoms with Crippen molar-refractivity contribution in [1.82, 2.24) is 19.7 Å². The minimum absolute atomic E-state index is 0.120. The summed E-state index contributed by atoms with van der Waals surface area (Å²) in [5.41, 5.74) is 7.17. The highest BCUT2D eigenvalue weighted by atomic mass is 19.1. The summed E-state index contributed by atoms with van der Waals surface area (Å²) in [5.74, 6) is 0.0596. The van der Waals surface area contributed by atoms with E-state index < -0.39 is 6.17 Å². The van der Waals surface area contributed by atoms with Crippen LogP contribution in [0.25, 0.3) is 0 Å². The van der Waals surface area contributed by atoms with Gasteiger partial charge in [-0.05, 0) is 42.9 Å². The summed E-state index contributed by atoms with van der Waals surface area (Å²) in [5, 5.41) is 4.32. The molecule has 1 aromatic heterocycles. The van der Waals surface area contributed by atoms with Crippen LogP contribution in [0.15, 0.2) is 36.9 Å². The number of piperidine rings is 1. The van der Waals surface area contributed by atoms with Crippen molar-refractivity contribution in [3.63, 3.8) is 0 Å². The van der Waals surface area contributed by atoms with Gasteiger partial charge >= 0.3 is 0 Å². The van der Waals surface area contributed by atoms with E-state index >= 15 is 0 Å². The third kappa shape index (κ3) is 3.43. The fraction of sp³-hybridized carbons (Fsp3) is 0.556. The molecule has 1 aliphatic heterocycles. The molecular weight excluding hydrogens is 324 g/mol. The molecular formula is C18H23F2N5. The Labute approximate surface area is 145 Å². The van der Waals surface area contributed by atoms with E-state index in [0.717, 1.165) is 18.4 Å². The van der Waals surface area contributed by atoms with Gasteiger partial charge in [-0.2, -0.15) is 5.10 Å². The van der Waals surface area contributed by atoms with E-state index in [1.165, 1.54) is 18.5 Å². The van der Waals surface area contributed by atoms with Crippen LogP contribution in [0.5, 0.6) is 0 Å². The van der Waals surface area contributed by atoms with Crippen LogP contribution >= 0.6 is 0 Å². The first kappa shape index (κ1) is 16.6. The maximum Gasteiger partial charge on any atom is 0.137 e. The molecule has 1 saturated carbocycles. The molecule has 25 heavy (non-hydrogen) atoms. The van der Waals surface area contributed by atoms with Crippen molar-refractivity contribution in [2.45, 2.75) is 49.5 Å². The van der Waals surface area contributed by atoms with E-state index in [9.17, 15) is 8.78 Å². The van der Waals surface area contributed by atoms with Crippen LogP contribution in [-0.4, -0.2) is 51.0 Å². The van der Waals surface area contributed by atoms with Crippen LogP contribution in [0, 0.1) is 5.82 Å². The highest BCUT2D eigenvalue weighted by Crippen LogP contribution is 2.43. The quantitative estimate of drug-likeness (QED) is 0.925. The fourth-order valence-corrected chi connectivity index (χ4v) is 4.44. The molecule has 4 unspecified atom stereocenters. The molecule has 2 fully saturated rings. The number of nitrogens with zero attached hydrogens (tertiary/aromatic N) is 4. The molecule has 2 aromatic rings. The van der Waals surface area contributed by atoms with Gasteiger partial charge in [0.25, 0.3) is 0 Å². The Kier molecular flexibility index (Phi) is 4.52. The number of benzene rings is 1. The van der Waals surface area contributed by atoms with Crippen molar-refractivity contribution in [3.05, 3.63) is 48.3 Å². The zero-order valence-electron chi connectivity index (χ0n) is 14.0. The average molecular weight is 347 g/mol. The highest BCUT2D eigenvalue weighted by Gasteiger charge is 2.42. The van der Waals surface area contributed by atoms with E-state index in [2.05, 4.69) is 15.0 Å². The fourth-order valence-electron chi connectivity index (χ4n) is 4.44. The monoisotopic (exact) mass is 347 g/mol. The molecule has 0 amide bonds. The summed E-state index contributed by atoms with van der Waals surface area (Å²) in [6, 6.07) is 6.84. The summed E-state index contributed by atoms with van der Waals surface area (Å²) < 4.78 is 29.2. The van der Waals surface area contributed by atoms with Gasteiger partial charge in [-0.3, -0.25) is 4.90 Å². The molecule has 7 heteroatoms. The van der Waals surface area contributed by atoms with Gasteiger partial charge in [0.2, 0.25) is 0 Å². The third-order valence-electron chi connectivity index (χ3n) is 5.54. The predicted molar refractivity (Wildman–Crippen MR) is 90.3 cm³/mol. The number of likely N-dealkylation sites (tertiary alicyclic amines) is 1. The van der Waals surface area contributed by atoms with E-state index in [-0.39, 0.29) is 29.9 Å². The number of rotatable bonds is 3. The van der Waals surface area contributed by atoms with Crippen LogP contribution in [0.3, 0.4) is 0 Å². The second kappa shape index (κ2) is 6.80. The largest absolute Gasteiger partial charge is 0.326 e. The molecule has 5 nitrogen and oxygen atoms in total. The number of nitrogens with two attached hydrogens (primary N) is 1. The Morgan fingerprint density at radius 3 is 2.48 bits per heavy atom.